The predicted molar refractivity (Wildman–Crippen MR) is 76.1 cm³/mol. The van der Waals surface area contributed by atoms with Gasteiger partial charge in [-0.05, 0) is 31.7 Å². The van der Waals surface area contributed by atoms with Gasteiger partial charge in [0.25, 0.3) is 0 Å². The van der Waals surface area contributed by atoms with Crippen molar-refractivity contribution in [3.05, 3.63) is 32.7 Å². The van der Waals surface area contributed by atoms with Crippen molar-refractivity contribution in [2.75, 3.05) is 5.43 Å². The zero-order valence-corrected chi connectivity index (χ0v) is 12.0. The fraction of sp³-hybridized carbons (Fsp3) is 0.300. The molecule has 0 amide bonds. The molecule has 4 N–H and O–H groups in total. The maximum atomic E-state index is 11.7. The first-order valence-corrected chi connectivity index (χ1v) is 6.72. The minimum atomic E-state index is -0.555. The molecule has 2 aromatic rings. The van der Waals surface area contributed by atoms with Crippen LogP contribution in [0.1, 0.15) is 19.9 Å². The summed E-state index contributed by atoms with van der Waals surface area (Å²) in [4.78, 5) is 26.2. The Kier molecular flexibility index (Phi) is 4.23. The Balaban J connectivity index is 2.48. The summed E-state index contributed by atoms with van der Waals surface area (Å²) in [5.41, 5.74) is 1.74. The normalized spacial score (nSPS) is 10.9. The van der Waals surface area contributed by atoms with Crippen molar-refractivity contribution in [1.82, 2.24) is 19.7 Å². The molecule has 2 aromatic heterocycles. The van der Waals surface area contributed by atoms with E-state index in [1.807, 2.05) is 0 Å². The summed E-state index contributed by atoms with van der Waals surface area (Å²) in [5.74, 6) is 5.53. The van der Waals surface area contributed by atoms with E-state index < -0.39 is 4.92 Å². The van der Waals surface area contributed by atoms with Crippen LogP contribution in [0.4, 0.5) is 11.5 Å². The fourth-order valence-electron chi connectivity index (χ4n) is 1.63. The van der Waals surface area contributed by atoms with Crippen molar-refractivity contribution in [3.63, 3.8) is 0 Å². The van der Waals surface area contributed by atoms with E-state index in [2.05, 4.69) is 20.6 Å². The number of aromatic amines is 1. The van der Waals surface area contributed by atoms with Gasteiger partial charge in [-0.15, -0.1) is 5.10 Å². The van der Waals surface area contributed by atoms with Gasteiger partial charge in [-0.3, -0.25) is 14.7 Å². The molecule has 0 spiro atoms. The number of nitrogens with zero attached hydrogens (tertiary/aromatic N) is 4. The van der Waals surface area contributed by atoms with Crippen LogP contribution in [0.5, 0.6) is 0 Å². The quantitative estimate of drug-likeness (QED) is 0.419. The molecule has 0 aliphatic carbocycles. The highest BCUT2D eigenvalue weighted by atomic mass is 32.2. The van der Waals surface area contributed by atoms with Crippen molar-refractivity contribution >= 4 is 23.3 Å². The van der Waals surface area contributed by atoms with Crippen LogP contribution in [0.25, 0.3) is 0 Å². The maximum Gasteiger partial charge on any atom is 0.344 e. The number of nitrogen functional groups attached to an aromatic ring is 1. The second-order valence-electron chi connectivity index (χ2n) is 4.30. The van der Waals surface area contributed by atoms with Crippen molar-refractivity contribution in [2.45, 2.75) is 30.1 Å². The zero-order valence-electron chi connectivity index (χ0n) is 11.2. The van der Waals surface area contributed by atoms with E-state index in [4.69, 9.17) is 5.84 Å². The largest absolute Gasteiger partial charge is 0.344 e. The first-order chi connectivity index (χ1) is 9.93. The second-order valence-corrected chi connectivity index (χ2v) is 5.26. The summed E-state index contributed by atoms with van der Waals surface area (Å²) in [5, 5.41) is 17.6. The first kappa shape index (κ1) is 15.0. The SMILES string of the molecule is CC(C)n1c(Sc2nc(NN)ccc2[N+](=O)[O-])n[nH]c1=O. The molecule has 11 heteroatoms. The van der Waals surface area contributed by atoms with Crippen LogP contribution in [-0.4, -0.2) is 24.7 Å². The third-order valence-corrected chi connectivity index (χ3v) is 3.53. The highest BCUT2D eigenvalue weighted by Gasteiger charge is 2.21. The molecule has 0 atom stereocenters. The number of aromatic nitrogens is 4. The van der Waals surface area contributed by atoms with Gasteiger partial charge in [-0.1, -0.05) is 0 Å². The lowest BCUT2D eigenvalue weighted by atomic mass is 10.4. The molecule has 0 aliphatic heterocycles. The summed E-state index contributed by atoms with van der Waals surface area (Å²) < 4.78 is 1.39. The van der Waals surface area contributed by atoms with Gasteiger partial charge < -0.3 is 5.43 Å². The number of nitrogens with one attached hydrogen (secondary N) is 2. The Labute approximate surface area is 122 Å². The molecule has 112 valence electrons. The number of pyridine rings is 1. The van der Waals surface area contributed by atoms with E-state index in [9.17, 15) is 14.9 Å². The Hall–Kier alpha value is -2.40. The molecule has 10 nitrogen and oxygen atoms in total. The van der Waals surface area contributed by atoms with Crippen LogP contribution < -0.4 is 17.0 Å². The smallest absolute Gasteiger partial charge is 0.308 e. The molecule has 2 rings (SSSR count). The minimum absolute atomic E-state index is 0.0938. The van der Waals surface area contributed by atoms with Crippen LogP contribution in [0.2, 0.25) is 0 Å². The molecule has 0 unspecified atom stereocenters. The number of hydrazine groups is 1. The van der Waals surface area contributed by atoms with Gasteiger partial charge in [-0.2, -0.15) is 0 Å². The lowest BCUT2D eigenvalue weighted by molar-refractivity contribution is -0.388. The first-order valence-electron chi connectivity index (χ1n) is 5.91. The van der Waals surface area contributed by atoms with Crippen LogP contribution in [0, 0.1) is 10.1 Å². The molecule has 0 radical (unpaired) electrons. The molecular formula is C10H13N7O3S. The highest BCUT2D eigenvalue weighted by molar-refractivity contribution is 7.99. The number of hydrogen-bond acceptors (Lipinski definition) is 8. The van der Waals surface area contributed by atoms with Gasteiger partial charge in [0.15, 0.2) is 10.2 Å². The summed E-state index contributed by atoms with van der Waals surface area (Å²) in [7, 11) is 0. The number of H-pyrrole nitrogens is 1. The van der Waals surface area contributed by atoms with Gasteiger partial charge in [0.1, 0.15) is 5.82 Å². The number of hydrogen-bond donors (Lipinski definition) is 3. The molecule has 0 fully saturated rings. The number of nitrogens with two attached hydrogens (primary N) is 1. The van der Waals surface area contributed by atoms with E-state index in [1.54, 1.807) is 13.8 Å². The van der Waals surface area contributed by atoms with E-state index >= 15 is 0 Å². The van der Waals surface area contributed by atoms with Gasteiger partial charge in [-0.25, -0.2) is 20.7 Å². The predicted octanol–water partition coefficient (Wildman–Crippen LogP) is 0.892. The standard InChI is InChI=1S/C10H13N7O3S/c1-5(2)16-9(18)14-15-10(16)21-8-6(17(19)20)3-4-7(12-8)13-11/h3-5H,11H2,1-2H3,(H,12,13)(H,14,18). The monoisotopic (exact) mass is 311 g/mol. The Morgan fingerprint density at radius 3 is 2.81 bits per heavy atom. The molecule has 0 saturated carbocycles. The third kappa shape index (κ3) is 3.03. The number of nitro groups is 1. The minimum Gasteiger partial charge on any atom is -0.308 e. The van der Waals surface area contributed by atoms with Crippen LogP contribution >= 0.6 is 11.8 Å². The van der Waals surface area contributed by atoms with Crippen molar-refractivity contribution in [1.29, 1.82) is 0 Å². The average Bonchev–Trinajstić information content (AvgIpc) is 2.79. The Morgan fingerprint density at radius 2 is 2.24 bits per heavy atom. The molecule has 0 aromatic carbocycles. The van der Waals surface area contributed by atoms with Crippen molar-refractivity contribution in [2.24, 2.45) is 5.84 Å². The molecule has 2 heterocycles. The number of anilines is 1. The molecule has 0 saturated heterocycles. The van der Waals surface area contributed by atoms with Crippen LogP contribution in [0.15, 0.2) is 27.1 Å². The van der Waals surface area contributed by atoms with Crippen LogP contribution in [-0.2, 0) is 0 Å². The molecule has 21 heavy (non-hydrogen) atoms. The molecule has 0 bridgehead atoms. The topological polar surface area (TPSA) is 145 Å². The highest BCUT2D eigenvalue weighted by Crippen LogP contribution is 2.33. The van der Waals surface area contributed by atoms with Gasteiger partial charge in [0.2, 0.25) is 0 Å². The van der Waals surface area contributed by atoms with Crippen molar-refractivity contribution in [3.8, 4) is 0 Å². The molecular weight excluding hydrogens is 298 g/mol. The summed E-state index contributed by atoms with van der Waals surface area (Å²) in [6.07, 6.45) is 0. The van der Waals surface area contributed by atoms with Crippen molar-refractivity contribution < 1.29 is 4.92 Å². The summed E-state index contributed by atoms with van der Waals surface area (Å²) in [6.45, 7) is 3.61. The van der Waals surface area contributed by atoms with Gasteiger partial charge in [0, 0.05) is 12.1 Å². The summed E-state index contributed by atoms with van der Waals surface area (Å²) >= 11 is 0.920. The third-order valence-electron chi connectivity index (χ3n) is 2.56. The zero-order chi connectivity index (χ0) is 15.6. The lowest BCUT2D eigenvalue weighted by Crippen LogP contribution is -2.19. The van der Waals surface area contributed by atoms with E-state index in [0.29, 0.717) is 5.16 Å². The summed E-state index contributed by atoms with van der Waals surface area (Å²) in [6, 6.07) is 2.53. The van der Waals surface area contributed by atoms with Gasteiger partial charge in [0.05, 0.1) is 4.92 Å². The lowest BCUT2D eigenvalue weighted by Gasteiger charge is -2.08. The van der Waals surface area contributed by atoms with Gasteiger partial charge >= 0.3 is 11.4 Å². The second kappa shape index (κ2) is 5.93. The van der Waals surface area contributed by atoms with E-state index in [0.717, 1.165) is 11.8 Å². The average molecular weight is 311 g/mol. The fourth-order valence-corrected chi connectivity index (χ4v) is 2.68. The Bertz CT molecular complexity index is 724. The van der Waals surface area contributed by atoms with E-state index in [1.165, 1.54) is 16.7 Å². The van der Waals surface area contributed by atoms with Crippen LogP contribution in [0.3, 0.4) is 0 Å². The Morgan fingerprint density at radius 1 is 1.52 bits per heavy atom. The maximum absolute atomic E-state index is 11.7. The van der Waals surface area contributed by atoms with E-state index in [-0.39, 0.29) is 28.3 Å². The number of rotatable bonds is 5. The molecule has 0 aliphatic rings.